The SMILES string of the molecule is N[C@H](CC(=O)O)c1cccc2cc[nH]c12. The van der Waals surface area contributed by atoms with Crippen LogP contribution in [0.1, 0.15) is 18.0 Å². The van der Waals surface area contributed by atoms with Gasteiger partial charge in [0.25, 0.3) is 0 Å². The number of rotatable bonds is 3. The Bertz CT molecular complexity index is 490. The van der Waals surface area contributed by atoms with Crippen LogP contribution in [0.4, 0.5) is 0 Å². The van der Waals surface area contributed by atoms with Gasteiger partial charge in [-0.25, -0.2) is 0 Å². The molecular formula is C11H12N2O2. The van der Waals surface area contributed by atoms with Gasteiger partial charge in [-0.05, 0) is 17.0 Å². The van der Waals surface area contributed by atoms with Gasteiger partial charge in [0, 0.05) is 12.2 Å². The molecule has 0 aliphatic rings. The average Bonchev–Trinajstić information content (AvgIpc) is 2.63. The molecule has 4 N–H and O–H groups in total. The number of benzene rings is 1. The Kier molecular flexibility index (Phi) is 2.43. The lowest BCUT2D eigenvalue weighted by atomic mass is 10.0. The third-order valence-electron chi connectivity index (χ3n) is 2.41. The summed E-state index contributed by atoms with van der Waals surface area (Å²) in [6, 6.07) is 7.17. The molecule has 78 valence electrons. The molecule has 0 saturated heterocycles. The zero-order valence-electron chi connectivity index (χ0n) is 8.10. The second-order valence-corrected chi connectivity index (χ2v) is 3.49. The van der Waals surface area contributed by atoms with Crippen LogP contribution in [0.25, 0.3) is 10.9 Å². The first-order chi connectivity index (χ1) is 7.18. The summed E-state index contributed by atoms with van der Waals surface area (Å²) in [6.45, 7) is 0. The van der Waals surface area contributed by atoms with Crippen molar-refractivity contribution in [3.05, 3.63) is 36.0 Å². The van der Waals surface area contributed by atoms with Crippen molar-refractivity contribution in [2.45, 2.75) is 12.5 Å². The van der Waals surface area contributed by atoms with Gasteiger partial charge >= 0.3 is 5.97 Å². The third kappa shape index (κ3) is 1.85. The molecule has 0 fully saturated rings. The van der Waals surface area contributed by atoms with Crippen LogP contribution >= 0.6 is 0 Å². The van der Waals surface area contributed by atoms with Crippen molar-refractivity contribution in [1.82, 2.24) is 4.98 Å². The van der Waals surface area contributed by atoms with E-state index < -0.39 is 12.0 Å². The maximum atomic E-state index is 10.6. The molecule has 0 spiro atoms. The Morgan fingerprint density at radius 3 is 3.00 bits per heavy atom. The maximum absolute atomic E-state index is 10.6. The number of nitrogens with one attached hydrogen (secondary N) is 1. The fourth-order valence-electron chi connectivity index (χ4n) is 1.72. The Hall–Kier alpha value is -1.81. The van der Waals surface area contributed by atoms with Gasteiger partial charge in [0.05, 0.1) is 11.9 Å². The zero-order chi connectivity index (χ0) is 10.8. The first kappa shape index (κ1) is 9.73. The first-order valence-corrected chi connectivity index (χ1v) is 4.72. The number of nitrogens with two attached hydrogens (primary N) is 1. The summed E-state index contributed by atoms with van der Waals surface area (Å²) >= 11 is 0. The summed E-state index contributed by atoms with van der Waals surface area (Å²) in [5.41, 5.74) is 7.59. The van der Waals surface area contributed by atoms with Crippen molar-refractivity contribution in [2.75, 3.05) is 0 Å². The number of aromatic nitrogens is 1. The van der Waals surface area contributed by atoms with Crippen LogP contribution in [-0.2, 0) is 4.79 Å². The molecule has 0 aliphatic carbocycles. The van der Waals surface area contributed by atoms with Crippen LogP contribution in [0, 0.1) is 0 Å². The minimum absolute atomic E-state index is 0.0574. The zero-order valence-corrected chi connectivity index (χ0v) is 8.10. The number of para-hydroxylation sites is 1. The maximum Gasteiger partial charge on any atom is 0.305 e. The second kappa shape index (κ2) is 3.74. The highest BCUT2D eigenvalue weighted by molar-refractivity contribution is 5.83. The van der Waals surface area contributed by atoms with E-state index in [1.807, 2.05) is 30.5 Å². The summed E-state index contributed by atoms with van der Waals surface area (Å²) in [5.74, 6) is -0.883. The van der Waals surface area contributed by atoms with Crippen molar-refractivity contribution >= 4 is 16.9 Å². The molecule has 1 aromatic carbocycles. The summed E-state index contributed by atoms with van der Waals surface area (Å²) in [4.78, 5) is 13.6. The number of aromatic amines is 1. The minimum atomic E-state index is -0.883. The van der Waals surface area contributed by atoms with E-state index in [0.717, 1.165) is 16.5 Å². The van der Waals surface area contributed by atoms with E-state index in [1.54, 1.807) is 0 Å². The Balaban J connectivity index is 2.42. The number of carboxylic acids is 1. The predicted octanol–water partition coefficient (Wildman–Crippen LogP) is 1.64. The molecule has 0 amide bonds. The largest absolute Gasteiger partial charge is 0.481 e. The molecular weight excluding hydrogens is 192 g/mol. The van der Waals surface area contributed by atoms with Crippen LogP contribution in [0.2, 0.25) is 0 Å². The highest BCUT2D eigenvalue weighted by Gasteiger charge is 2.13. The molecule has 0 unspecified atom stereocenters. The van der Waals surface area contributed by atoms with E-state index in [9.17, 15) is 4.79 Å². The van der Waals surface area contributed by atoms with Gasteiger partial charge in [0.15, 0.2) is 0 Å². The first-order valence-electron chi connectivity index (χ1n) is 4.72. The lowest BCUT2D eigenvalue weighted by molar-refractivity contribution is -0.137. The fourth-order valence-corrected chi connectivity index (χ4v) is 1.72. The molecule has 15 heavy (non-hydrogen) atoms. The Labute approximate surface area is 86.7 Å². The third-order valence-corrected chi connectivity index (χ3v) is 2.41. The molecule has 0 saturated carbocycles. The lowest BCUT2D eigenvalue weighted by Crippen LogP contribution is -2.15. The smallest absolute Gasteiger partial charge is 0.305 e. The van der Waals surface area contributed by atoms with E-state index in [4.69, 9.17) is 10.8 Å². The number of carboxylic acid groups (broad SMARTS) is 1. The van der Waals surface area contributed by atoms with Crippen molar-refractivity contribution < 1.29 is 9.90 Å². The molecule has 2 rings (SSSR count). The normalized spacial score (nSPS) is 12.9. The number of hydrogen-bond acceptors (Lipinski definition) is 2. The highest BCUT2D eigenvalue weighted by Crippen LogP contribution is 2.23. The van der Waals surface area contributed by atoms with Crippen molar-refractivity contribution in [2.24, 2.45) is 5.73 Å². The van der Waals surface area contributed by atoms with E-state index >= 15 is 0 Å². The van der Waals surface area contributed by atoms with E-state index in [2.05, 4.69) is 4.98 Å². The Morgan fingerprint density at radius 1 is 1.47 bits per heavy atom. The quantitative estimate of drug-likeness (QED) is 0.711. The summed E-state index contributed by atoms with van der Waals surface area (Å²) in [5, 5.41) is 9.73. The topological polar surface area (TPSA) is 79.1 Å². The van der Waals surface area contributed by atoms with Gasteiger partial charge in [-0.1, -0.05) is 18.2 Å². The molecule has 1 aromatic heterocycles. The van der Waals surface area contributed by atoms with Gasteiger partial charge in [-0.3, -0.25) is 4.79 Å². The molecule has 1 atom stereocenters. The molecule has 0 aliphatic heterocycles. The summed E-state index contributed by atoms with van der Waals surface area (Å²) < 4.78 is 0. The average molecular weight is 204 g/mol. The van der Waals surface area contributed by atoms with Gasteiger partial charge in [-0.2, -0.15) is 0 Å². The van der Waals surface area contributed by atoms with Gasteiger partial charge < -0.3 is 15.8 Å². The van der Waals surface area contributed by atoms with Crippen LogP contribution in [-0.4, -0.2) is 16.1 Å². The standard InChI is InChI=1S/C11H12N2O2/c12-9(6-10(14)15)8-3-1-2-7-4-5-13-11(7)8/h1-5,9,13H,6,12H2,(H,14,15)/t9-/m1/s1. The van der Waals surface area contributed by atoms with Crippen LogP contribution < -0.4 is 5.73 Å². The van der Waals surface area contributed by atoms with Crippen molar-refractivity contribution in [3.8, 4) is 0 Å². The summed E-state index contributed by atoms with van der Waals surface area (Å²) in [6.07, 6.45) is 1.76. The van der Waals surface area contributed by atoms with Crippen LogP contribution in [0.3, 0.4) is 0 Å². The Morgan fingerprint density at radius 2 is 2.27 bits per heavy atom. The van der Waals surface area contributed by atoms with Crippen molar-refractivity contribution in [1.29, 1.82) is 0 Å². The number of hydrogen-bond donors (Lipinski definition) is 3. The van der Waals surface area contributed by atoms with Crippen molar-refractivity contribution in [3.63, 3.8) is 0 Å². The molecule has 0 radical (unpaired) electrons. The van der Waals surface area contributed by atoms with Gasteiger partial charge in [-0.15, -0.1) is 0 Å². The number of carbonyl (C=O) groups is 1. The fraction of sp³-hybridized carbons (Fsp3) is 0.182. The van der Waals surface area contributed by atoms with Gasteiger partial charge in [0.1, 0.15) is 0 Å². The molecule has 0 bridgehead atoms. The molecule has 4 nitrogen and oxygen atoms in total. The molecule has 1 heterocycles. The monoisotopic (exact) mass is 204 g/mol. The lowest BCUT2D eigenvalue weighted by Gasteiger charge is -2.10. The highest BCUT2D eigenvalue weighted by atomic mass is 16.4. The van der Waals surface area contributed by atoms with E-state index in [1.165, 1.54) is 0 Å². The number of H-pyrrole nitrogens is 1. The minimum Gasteiger partial charge on any atom is -0.481 e. The molecule has 2 aromatic rings. The second-order valence-electron chi connectivity index (χ2n) is 3.49. The number of aliphatic carboxylic acids is 1. The van der Waals surface area contributed by atoms with E-state index in [-0.39, 0.29) is 6.42 Å². The van der Waals surface area contributed by atoms with E-state index in [0.29, 0.717) is 0 Å². The predicted molar refractivity (Wildman–Crippen MR) is 57.5 cm³/mol. The molecule has 4 heteroatoms. The van der Waals surface area contributed by atoms with Crippen LogP contribution in [0.5, 0.6) is 0 Å². The van der Waals surface area contributed by atoms with Gasteiger partial charge in [0.2, 0.25) is 0 Å². The number of fused-ring (bicyclic) bond motifs is 1. The van der Waals surface area contributed by atoms with Crippen LogP contribution in [0.15, 0.2) is 30.5 Å². The summed E-state index contributed by atoms with van der Waals surface area (Å²) in [7, 11) is 0.